The van der Waals surface area contributed by atoms with Crippen LogP contribution in [0.15, 0.2) is 48.5 Å². The van der Waals surface area contributed by atoms with Crippen molar-refractivity contribution in [1.29, 1.82) is 0 Å². The molecule has 0 aliphatic rings. The van der Waals surface area contributed by atoms with Gasteiger partial charge in [-0.25, -0.2) is 4.57 Å². The van der Waals surface area contributed by atoms with Gasteiger partial charge in [0.25, 0.3) is 0 Å². The van der Waals surface area contributed by atoms with Gasteiger partial charge in [-0.3, -0.25) is 4.89 Å². The molecular formula is C21H29O4P. The highest BCUT2D eigenvalue weighted by molar-refractivity contribution is 7.48. The summed E-state index contributed by atoms with van der Waals surface area (Å²) in [6.07, 6.45) is 8.04. The first-order valence-corrected chi connectivity index (χ1v) is 10.9. The Kier molecular flexibility index (Phi) is 8.21. The molecule has 2 aromatic rings. The topological polar surface area (TPSA) is 55.8 Å². The van der Waals surface area contributed by atoms with Gasteiger partial charge in [0.05, 0.1) is 0 Å². The Labute approximate surface area is 156 Å². The predicted molar refractivity (Wildman–Crippen MR) is 106 cm³/mol. The number of hydrogen-bond acceptors (Lipinski definition) is 3. The molecule has 0 aromatic heterocycles. The standard InChI is InChI=1S/C21H29O4P/c1-3-4-5-6-7-8-11-19-12-9-10-13-21(19)25-26(22,23)24-20-16-14-18(2)15-17-20/h9-10,12-17H,3-8,11H2,1-2H3,(H,22,23). The Morgan fingerprint density at radius 2 is 1.54 bits per heavy atom. The van der Waals surface area contributed by atoms with Gasteiger partial charge in [0, 0.05) is 0 Å². The Hall–Kier alpha value is -1.77. The molecule has 0 radical (unpaired) electrons. The molecule has 0 fully saturated rings. The van der Waals surface area contributed by atoms with E-state index in [9.17, 15) is 9.46 Å². The molecule has 0 amide bonds. The van der Waals surface area contributed by atoms with Crippen molar-refractivity contribution >= 4 is 7.82 Å². The second-order valence-electron chi connectivity index (χ2n) is 6.59. The number of para-hydroxylation sites is 1. The molecule has 5 heteroatoms. The van der Waals surface area contributed by atoms with E-state index in [1.165, 1.54) is 25.7 Å². The van der Waals surface area contributed by atoms with Crippen molar-refractivity contribution in [2.45, 2.75) is 58.8 Å². The van der Waals surface area contributed by atoms with Crippen LogP contribution in [0.25, 0.3) is 0 Å². The molecule has 1 N–H and O–H groups in total. The van der Waals surface area contributed by atoms with Gasteiger partial charge in [0.15, 0.2) is 0 Å². The summed E-state index contributed by atoms with van der Waals surface area (Å²) in [5.74, 6) is 0.730. The van der Waals surface area contributed by atoms with Gasteiger partial charge in [-0.15, -0.1) is 0 Å². The summed E-state index contributed by atoms with van der Waals surface area (Å²) in [6.45, 7) is 4.15. The largest absolute Gasteiger partial charge is 0.584 e. The first kappa shape index (κ1) is 20.5. The molecule has 0 saturated carbocycles. The van der Waals surface area contributed by atoms with Crippen molar-refractivity contribution in [3.05, 3.63) is 59.7 Å². The molecular weight excluding hydrogens is 347 g/mol. The quantitative estimate of drug-likeness (QED) is 0.361. The minimum absolute atomic E-state index is 0.315. The number of rotatable bonds is 11. The fourth-order valence-electron chi connectivity index (χ4n) is 2.77. The third-order valence-electron chi connectivity index (χ3n) is 4.23. The van der Waals surface area contributed by atoms with Gasteiger partial charge in [0.2, 0.25) is 0 Å². The van der Waals surface area contributed by atoms with Crippen LogP contribution in [0.3, 0.4) is 0 Å². The minimum atomic E-state index is -4.23. The molecule has 2 aromatic carbocycles. The van der Waals surface area contributed by atoms with Crippen LogP contribution in [0.1, 0.15) is 56.6 Å². The zero-order valence-corrected chi connectivity index (χ0v) is 16.6. The molecule has 2 rings (SSSR count). The van der Waals surface area contributed by atoms with Crippen molar-refractivity contribution in [3.8, 4) is 11.5 Å². The summed E-state index contributed by atoms with van der Waals surface area (Å²) in [5, 5.41) is 0. The molecule has 4 nitrogen and oxygen atoms in total. The summed E-state index contributed by atoms with van der Waals surface area (Å²) in [5.41, 5.74) is 1.99. The third kappa shape index (κ3) is 7.23. The van der Waals surface area contributed by atoms with Crippen LogP contribution in [0.4, 0.5) is 0 Å². The van der Waals surface area contributed by atoms with Gasteiger partial charge in [0.1, 0.15) is 11.5 Å². The van der Waals surface area contributed by atoms with Crippen LogP contribution >= 0.6 is 7.82 Å². The fourth-order valence-corrected chi connectivity index (χ4v) is 3.62. The smallest absolute Gasteiger partial charge is 0.395 e. The summed E-state index contributed by atoms with van der Waals surface area (Å²) < 4.78 is 22.9. The molecule has 26 heavy (non-hydrogen) atoms. The van der Waals surface area contributed by atoms with E-state index in [0.29, 0.717) is 11.5 Å². The lowest BCUT2D eigenvalue weighted by atomic mass is 10.0. The highest BCUT2D eigenvalue weighted by atomic mass is 31.2. The van der Waals surface area contributed by atoms with E-state index in [2.05, 4.69) is 6.92 Å². The summed E-state index contributed by atoms with van der Waals surface area (Å²) in [7, 11) is -4.23. The second kappa shape index (κ2) is 10.4. The van der Waals surface area contributed by atoms with E-state index in [-0.39, 0.29) is 0 Å². The number of phosphoric acid groups is 1. The summed E-state index contributed by atoms with van der Waals surface area (Å²) >= 11 is 0. The van der Waals surface area contributed by atoms with Crippen LogP contribution < -0.4 is 9.05 Å². The highest BCUT2D eigenvalue weighted by Crippen LogP contribution is 2.45. The first-order chi connectivity index (χ1) is 12.5. The third-order valence-corrected chi connectivity index (χ3v) is 5.10. The lowest BCUT2D eigenvalue weighted by Crippen LogP contribution is -2.02. The number of benzene rings is 2. The zero-order chi connectivity index (χ0) is 18.8. The molecule has 142 valence electrons. The molecule has 0 spiro atoms. The first-order valence-electron chi connectivity index (χ1n) is 9.37. The van der Waals surface area contributed by atoms with Crippen LogP contribution in [-0.2, 0) is 11.0 Å². The summed E-state index contributed by atoms with van der Waals surface area (Å²) in [4.78, 5) is 10.1. The Bertz CT molecular complexity index is 712. The second-order valence-corrected chi connectivity index (χ2v) is 7.89. The van der Waals surface area contributed by atoms with Gasteiger partial charge in [-0.2, -0.15) is 0 Å². The van der Waals surface area contributed by atoms with E-state index in [4.69, 9.17) is 9.05 Å². The SMILES string of the molecule is CCCCCCCCc1ccccc1OP(=O)(O)Oc1ccc(C)cc1. The van der Waals surface area contributed by atoms with Gasteiger partial charge in [-0.05, 0) is 43.5 Å². The number of unbranched alkanes of at least 4 members (excludes halogenated alkanes) is 5. The van der Waals surface area contributed by atoms with Crippen molar-refractivity contribution < 1.29 is 18.5 Å². The van der Waals surface area contributed by atoms with Gasteiger partial charge < -0.3 is 9.05 Å². The van der Waals surface area contributed by atoms with E-state index in [1.54, 1.807) is 24.3 Å². The lowest BCUT2D eigenvalue weighted by Gasteiger charge is -2.16. The summed E-state index contributed by atoms with van der Waals surface area (Å²) in [6, 6.07) is 14.3. The Balaban J connectivity index is 1.93. The van der Waals surface area contributed by atoms with E-state index in [1.807, 2.05) is 31.2 Å². The van der Waals surface area contributed by atoms with E-state index >= 15 is 0 Å². The Morgan fingerprint density at radius 1 is 0.885 bits per heavy atom. The average molecular weight is 376 g/mol. The average Bonchev–Trinajstić information content (AvgIpc) is 2.61. The van der Waals surface area contributed by atoms with Gasteiger partial charge >= 0.3 is 7.82 Å². The highest BCUT2D eigenvalue weighted by Gasteiger charge is 2.26. The van der Waals surface area contributed by atoms with Crippen molar-refractivity contribution in [1.82, 2.24) is 0 Å². The zero-order valence-electron chi connectivity index (χ0n) is 15.7. The monoisotopic (exact) mass is 376 g/mol. The van der Waals surface area contributed by atoms with Crippen molar-refractivity contribution in [3.63, 3.8) is 0 Å². The van der Waals surface area contributed by atoms with Crippen LogP contribution in [0.5, 0.6) is 11.5 Å². The van der Waals surface area contributed by atoms with Crippen molar-refractivity contribution in [2.24, 2.45) is 0 Å². The maximum atomic E-state index is 12.3. The number of aryl methyl sites for hydroxylation is 2. The molecule has 1 unspecified atom stereocenters. The van der Waals surface area contributed by atoms with Crippen LogP contribution in [0, 0.1) is 6.92 Å². The molecule has 0 saturated heterocycles. The van der Waals surface area contributed by atoms with Gasteiger partial charge in [-0.1, -0.05) is 74.9 Å². The van der Waals surface area contributed by atoms with Crippen LogP contribution in [-0.4, -0.2) is 4.89 Å². The molecule has 1 atom stereocenters. The number of phosphoric ester groups is 1. The minimum Gasteiger partial charge on any atom is -0.395 e. The normalized spacial score (nSPS) is 13.2. The van der Waals surface area contributed by atoms with E-state index in [0.717, 1.165) is 30.4 Å². The van der Waals surface area contributed by atoms with E-state index < -0.39 is 7.82 Å². The Morgan fingerprint density at radius 3 is 2.27 bits per heavy atom. The molecule has 0 bridgehead atoms. The van der Waals surface area contributed by atoms with Crippen LogP contribution in [0.2, 0.25) is 0 Å². The number of hydrogen-bond donors (Lipinski definition) is 1. The molecule has 0 aliphatic carbocycles. The maximum Gasteiger partial charge on any atom is 0.584 e. The predicted octanol–water partition coefficient (Wildman–Crippen LogP) is 6.46. The fraction of sp³-hybridized carbons (Fsp3) is 0.429. The molecule has 0 aliphatic heterocycles. The molecule has 0 heterocycles. The lowest BCUT2D eigenvalue weighted by molar-refractivity contribution is 0.290. The van der Waals surface area contributed by atoms with Crippen molar-refractivity contribution in [2.75, 3.05) is 0 Å². The maximum absolute atomic E-state index is 12.3.